The van der Waals surface area contributed by atoms with E-state index < -0.39 is 10.0 Å². The van der Waals surface area contributed by atoms with Gasteiger partial charge in [0.05, 0.1) is 15.6 Å². The van der Waals surface area contributed by atoms with Crippen LogP contribution >= 0.6 is 11.6 Å². The van der Waals surface area contributed by atoms with Crippen molar-refractivity contribution in [2.75, 3.05) is 12.3 Å². The van der Waals surface area contributed by atoms with Crippen molar-refractivity contribution in [3.05, 3.63) is 22.7 Å². The van der Waals surface area contributed by atoms with Crippen molar-refractivity contribution in [2.24, 2.45) is 0 Å². The van der Waals surface area contributed by atoms with E-state index in [-0.39, 0.29) is 10.9 Å². The zero-order valence-corrected chi connectivity index (χ0v) is 12.1. The highest BCUT2D eigenvalue weighted by molar-refractivity contribution is 7.89. The Hall–Kier alpha value is -0.780. The summed E-state index contributed by atoms with van der Waals surface area (Å²) in [5.41, 5.74) is 6.64. The number of hydrogen-bond donors (Lipinski definition) is 1. The summed E-state index contributed by atoms with van der Waals surface area (Å²) >= 11 is 5.89. The van der Waals surface area contributed by atoms with Gasteiger partial charge in [-0.3, -0.25) is 0 Å². The Morgan fingerprint density at radius 2 is 2.11 bits per heavy atom. The maximum absolute atomic E-state index is 12.6. The quantitative estimate of drug-likeness (QED) is 0.850. The van der Waals surface area contributed by atoms with E-state index >= 15 is 0 Å². The maximum Gasteiger partial charge on any atom is 0.243 e. The van der Waals surface area contributed by atoms with Crippen LogP contribution in [0.15, 0.2) is 17.0 Å². The number of halogens is 1. The van der Waals surface area contributed by atoms with Gasteiger partial charge in [-0.2, -0.15) is 4.31 Å². The molecule has 1 aromatic rings. The summed E-state index contributed by atoms with van der Waals surface area (Å²) in [4.78, 5) is 0.262. The molecule has 2 rings (SSSR count). The molecule has 0 aliphatic carbocycles. The van der Waals surface area contributed by atoms with Gasteiger partial charge in [-0.05, 0) is 44.4 Å². The topological polar surface area (TPSA) is 63.4 Å². The number of nitrogens with zero attached hydrogens (tertiary/aromatic N) is 1. The fraction of sp³-hybridized carbons (Fsp3) is 0.500. The molecule has 2 N–H and O–H groups in total. The smallest absolute Gasteiger partial charge is 0.243 e. The highest BCUT2D eigenvalue weighted by atomic mass is 35.5. The van der Waals surface area contributed by atoms with Crippen molar-refractivity contribution < 1.29 is 8.42 Å². The summed E-state index contributed by atoms with van der Waals surface area (Å²) < 4.78 is 26.7. The third kappa shape index (κ3) is 2.22. The molecular formula is C12H17ClN2O2S. The predicted molar refractivity (Wildman–Crippen MR) is 73.2 cm³/mol. The van der Waals surface area contributed by atoms with Crippen LogP contribution in [0.25, 0.3) is 0 Å². The van der Waals surface area contributed by atoms with Gasteiger partial charge in [0, 0.05) is 12.6 Å². The van der Waals surface area contributed by atoms with Gasteiger partial charge in [-0.1, -0.05) is 11.6 Å². The second kappa shape index (κ2) is 4.72. The Bertz CT molecular complexity index is 572. The summed E-state index contributed by atoms with van der Waals surface area (Å²) in [5, 5.41) is 0.390. The van der Waals surface area contributed by atoms with Gasteiger partial charge in [-0.25, -0.2) is 8.42 Å². The summed E-state index contributed by atoms with van der Waals surface area (Å²) in [5.74, 6) is 0. The molecule has 0 amide bonds. The highest BCUT2D eigenvalue weighted by Crippen LogP contribution is 2.31. The molecule has 0 saturated carbocycles. The summed E-state index contributed by atoms with van der Waals surface area (Å²) in [7, 11) is -3.46. The molecule has 100 valence electrons. The van der Waals surface area contributed by atoms with Crippen LogP contribution in [-0.4, -0.2) is 25.3 Å². The molecule has 1 heterocycles. The third-order valence-electron chi connectivity index (χ3n) is 3.37. The van der Waals surface area contributed by atoms with Gasteiger partial charge in [0.1, 0.15) is 0 Å². The molecule has 6 heteroatoms. The number of sulfonamides is 1. The number of nitrogen functional groups attached to an aromatic ring is 1. The largest absolute Gasteiger partial charge is 0.397 e. The third-order valence-corrected chi connectivity index (χ3v) is 5.86. The minimum atomic E-state index is -3.46. The van der Waals surface area contributed by atoms with Crippen LogP contribution in [0.5, 0.6) is 0 Å². The second-order valence-corrected chi connectivity index (χ2v) is 7.01. The summed E-state index contributed by atoms with van der Waals surface area (Å²) in [6.07, 6.45) is 1.81. The number of rotatable bonds is 2. The summed E-state index contributed by atoms with van der Waals surface area (Å²) in [6, 6.07) is 3.11. The van der Waals surface area contributed by atoms with E-state index in [0.717, 1.165) is 12.8 Å². The molecule has 0 aromatic heterocycles. The van der Waals surface area contributed by atoms with Crippen molar-refractivity contribution in [3.63, 3.8) is 0 Å². The minimum Gasteiger partial charge on any atom is -0.397 e. The van der Waals surface area contributed by atoms with Crippen LogP contribution in [0.3, 0.4) is 0 Å². The number of aryl methyl sites for hydroxylation is 1. The van der Waals surface area contributed by atoms with Gasteiger partial charge in [0.25, 0.3) is 0 Å². The van der Waals surface area contributed by atoms with Crippen molar-refractivity contribution in [1.29, 1.82) is 0 Å². The first-order valence-corrected chi connectivity index (χ1v) is 7.73. The lowest BCUT2D eigenvalue weighted by molar-refractivity contribution is 0.408. The maximum atomic E-state index is 12.6. The lowest BCUT2D eigenvalue weighted by Gasteiger charge is -2.22. The van der Waals surface area contributed by atoms with Crippen molar-refractivity contribution in [1.82, 2.24) is 4.31 Å². The number of hydrogen-bond acceptors (Lipinski definition) is 3. The van der Waals surface area contributed by atoms with Gasteiger partial charge in [0.2, 0.25) is 10.0 Å². The fourth-order valence-electron chi connectivity index (χ4n) is 2.34. The molecule has 1 aliphatic rings. The molecule has 1 unspecified atom stereocenters. The zero-order valence-electron chi connectivity index (χ0n) is 10.5. The average molecular weight is 289 g/mol. The molecule has 0 spiro atoms. The average Bonchev–Trinajstić information content (AvgIpc) is 2.70. The van der Waals surface area contributed by atoms with Crippen molar-refractivity contribution in [2.45, 2.75) is 37.6 Å². The van der Waals surface area contributed by atoms with Crippen molar-refractivity contribution in [3.8, 4) is 0 Å². The Labute approximate surface area is 113 Å². The van der Waals surface area contributed by atoms with Gasteiger partial charge in [-0.15, -0.1) is 0 Å². The van der Waals surface area contributed by atoms with E-state index in [9.17, 15) is 8.42 Å². The molecule has 4 nitrogen and oxygen atoms in total. The SMILES string of the molecule is Cc1cc(Cl)c(N)cc1S(=O)(=O)N1CCCC1C. The standard InChI is InChI=1S/C12H17ClN2O2S/c1-8-6-10(13)11(14)7-12(8)18(16,17)15-5-3-4-9(15)2/h6-7,9H,3-5,14H2,1-2H3. The molecule has 1 fully saturated rings. The van der Waals surface area contributed by atoms with Crippen LogP contribution in [0.4, 0.5) is 5.69 Å². The van der Waals surface area contributed by atoms with E-state index in [1.165, 1.54) is 6.07 Å². The Morgan fingerprint density at radius 1 is 1.44 bits per heavy atom. The van der Waals surface area contributed by atoms with Crippen LogP contribution in [0, 0.1) is 6.92 Å². The predicted octanol–water partition coefficient (Wildman–Crippen LogP) is 2.40. The van der Waals surface area contributed by atoms with E-state index in [1.807, 2.05) is 6.92 Å². The number of nitrogens with two attached hydrogens (primary N) is 1. The van der Waals surface area contributed by atoms with Gasteiger partial charge < -0.3 is 5.73 Å². The zero-order chi connectivity index (χ0) is 13.5. The number of benzene rings is 1. The Balaban J connectivity index is 2.51. The second-order valence-electron chi connectivity index (χ2n) is 4.75. The van der Waals surface area contributed by atoms with Crippen LogP contribution in [-0.2, 0) is 10.0 Å². The van der Waals surface area contributed by atoms with Crippen LogP contribution in [0.1, 0.15) is 25.3 Å². The molecule has 1 atom stereocenters. The number of anilines is 1. The Morgan fingerprint density at radius 3 is 2.67 bits per heavy atom. The fourth-order valence-corrected chi connectivity index (χ4v) is 4.50. The molecule has 1 aliphatic heterocycles. The monoisotopic (exact) mass is 288 g/mol. The first-order valence-electron chi connectivity index (χ1n) is 5.91. The minimum absolute atomic E-state index is 0.0475. The van der Waals surface area contributed by atoms with Crippen LogP contribution in [0.2, 0.25) is 5.02 Å². The van der Waals surface area contributed by atoms with Gasteiger partial charge in [0.15, 0.2) is 0 Å². The molecule has 0 bridgehead atoms. The van der Waals surface area contributed by atoms with E-state index in [0.29, 0.717) is 22.8 Å². The first kappa shape index (κ1) is 13.6. The normalized spacial score (nSPS) is 21.4. The van der Waals surface area contributed by atoms with E-state index in [4.69, 9.17) is 17.3 Å². The molecule has 0 radical (unpaired) electrons. The summed E-state index contributed by atoms with van der Waals surface area (Å²) in [6.45, 7) is 4.24. The first-order chi connectivity index (χ1) is 8.34. The lowest BCUT2D eigenvalue weighted by atomic mass is 10.2. The van der Waals surface area contributed by atoms with E-state index in [2.05, 4.69) is 0 Å². The molecule has 1 saturated heterocycles. The van der Waals surface area contributed by atoms with Crippen molar-refractivity contribution >= 4 is 27.3 Å². The molecule has 1 aromatic carbocycles. The van der Waals surface area contributed by atoms with Gasteiger partial charge >= 0.3 is 0 Å². The van der Waals surface area contributed by atoms with Crippen LogP contribution < -0.4 is 5.73 Å². The molecular weight excluding hydrogens is 272 g/mol. The lowest BCUT2D eigenvalue weighted by Crippen LogP contribution is -2.34. The Kier molecular flexibility index (Phi) is 3.58. The molecule has 18 heavy (non-hydrogen) atoms. The highest BCUT2D eigenvalue weighted by Gasteiger charge is 2.33. The van der Waals surface area contributed by atoms with E-state index in [1.54, 1.807) is 17.3 Å².